The van der Waals surface area contributed by atoms with E-state index in [1.807, 2.05) is 18.9 Å². The third kappa shape index (κ3) is 4.57. The number of unbranched alkanes of at least 4 members (excludes halogenated alkanes) is 1. The first kappa shape index (κ1) is 23.5. The molecule has 1 radical (unpaired) electrons. The van der Waals surface area contributed by atoms with Crippen LogP contribution in [0, 0.1) is 0 Å². The van der Waals surface area contributed by atoms with Crippen LogP contribution in [0.1, 0.15) is 48.9 Å². The predicted octanol–water partition coefficient (Wildman–Crippen LogP) is 1.81. The number of rotatable bonds is 8. The number of ether oxygens (including phenoxy) is 1. The fourth-order valence-electron chi connectivity index (χ4n) is 4.19. The normalized spacial score (nSPS) is 19.9. The van der Waals surface area contributed by atoms with E-state index in [1.54, 1.807) is 24.4 Å². The van der Waals surface area contributed by atoms with E-state index in [1.165, 1.54) is 4.31 Å². The second-order valence-electron chi connectivity index (χ2n) is 8.33. The second kappa shape index (κ2) is 9.70. The summed E-state index contributed by atoms with van der Waals surface area (Å²) in [6, 6.07) is 4.86. The molecule has 33 heavy (non-hydrogen) atoms. The number of fused-ring (bicyclic) bond motifs is 1. The Balaban J connectivity index is 1.76. The van der Waals surface area contributed by atoms with Crippen molar-refractivity contribution in [3.63, 3.8) is 0 Å². The lowest BCUT2D eigenvalue weighted by Gasteiger charge is -2.36. The topological polar surface area (TPSA) is 113 Å². The van der Waals surface area contributed by atoms with E-state index >= 15 is 0 Å². The van der Waals surface area contributed by atoms with Crippen LogP contribution in [0.5, 0.6) is 5.75 Å². The standard InChI is InChI=1S/C22H31N6O4S/c1-4-6-9-28-18-15-23-25-20(18)22(29)24-21(28)17-14-16(7-8-19(17)32-5-2)33(30,31)27-12-10-26(3)11-13-27/h7-8,14-15,21H,4-6,9-13H2,1-3H3,(H,23,25). The van der Waals surface area contributed by atoms with Gasteiger partial charge in [-0.05, 0) is 38.6 Å². The lowest BCUT2D eigenvalue weighted by Crippen LogP contribution is -2.47. The molecule has 179 valence electrons. The number of amides is 1. The first-order valence-electron chi connectivity index (χ1n) is 11.4. The molecule has 0 spiro atoms. The third-order valence-corrected chi connectivity index (χ3v) is 7.98. The highest BCUT2D eigenvalue weighted by Crippen LogP contribution is 2.38. The van der Waals surface area contributed by atoms with E-state index < -0.39 is 22.1 Å². The number of nitrogens with zero attached hydrogens (tertiary/aromatic N) is 5. The number of hydrogen-bond donors (Lipinski definition) is 1. The van der Waals surface area contributed by atoms with Crippen LogP contribution >= 0.6 is 0 Å². The molecule has 3 heterocycles. The highest BCUT2D eigenvalue weighted by atomic mass is 32.2. The number of piperazine rings is 1. The summed E-state index contributed by atoms with van der Waals surface area (Å²) in [5.41, 5.74) is 1.58. The zero-order chi connectivity index (χ0) is 23.6. The van der Waals surface area contributed by atoms with Gasteiger partial charge in [0, 0.05) is 38.3 Å². The van der Waals surface area contributed by atoms with Crippen molar-refractivity contribution in [3.8, 4) is 5.75 Å². The molecule has 2 aromatic rings. The van der Waals surface area contributed by atoms with Crippen molar-refractivity contribution >= 4 is 21.6 Å². The molecule has 2 aliphatic rings. The van der Waals surface area contributed by atoms with Crippen LogP contribution in [0.3, 0.4) is 0 Å². The van der Waals surface area contributed by atoms with Crippen LogP contribution in [0.25, 0.3) is 0 Å². The number of carbonyl (C=O) groups excluding carboxylic acids is 1. The first-order chi connectivity index (χ1) is 15.9. The Morgan fingerprint density at radius 1 is 1.18 bits per heavy atom. The molecule has 10 nitrogen and oxygen atoms in total. The van der Waals surface area contributed by atoms with Crippen LogP contribution in [-0.2, 0) is 10.0 Å². The molecule has 0 saturated carbocycles. The summed E-state index contributed by atoms with van der Waals surface area (Å²) in [6.45, 7) is 7.25. The van der Waals surface area contributed by atoms with Gasteiger partial charge >= 0.3 is 0 Å². The minimum atomic E-state index is -3.69. The van der Waals surface area contributed by atoms with Crippen LogP contribution < -0.4 is 15.0 Å². The van der Waals surface area contributed by atoms with Gasteiger partial charge in [-0.15, -0.1) is 0 Å². The minimum Gasteiger partial charge on any atom is -0.493 e. The van der Waals surface area contributed by atoms with E-state index in [4.69, 9.17) is 4.74 Å². The Morgan fingerprint density at radius 2 is 1.94 bits per heavy atom. The highest BCUT2D eigenvalue weighted by molar-refractivity contribution is 7.89. The average Bonchev–Trinajstić information content (AvgIpc) is 3.30. The van der Waals surface area contributed by atoms with Gasteiger partial charge in [0.2, 0.25) is 10.0 Å². The first-order valence-corrected chi connectivity index (χ1v) is 12.8. The molecule has 1 amide bonds. The fourth-order valence-corrected chi connectivity index (χ4v) is 5.65. The van der Waals surface area contributed by atoms with Gasteiger partial charge in [0.05, 0.1) is 23.4 Å². The maximum atomic E-state index is 13.4. The van der Waals surface area contributed by atoms with E-state index in [-0.39, 0.29) is 4.90 Å². The molecule has 0 bridgehead atoms. The molecule has 1 saturated heterocycles. The fraction of sp³-hybridized carbons (Fsp3) is 0.545. The molecule has 0 aliphatic carbocycles. The van der Waals surface area contributed by atoms with Gasteiger partial charge in [0.1, 0.15) is 11.4 Å². The summed E-state index contributed by atoms with van der Waals surface area (Å²) in [5, 5.41) is 11.2. The summed E-state index contributed by atoms with van der Waals surface area (Å²) in [6.07, 6.45) is 2.77. The summed E-state index contributed by atoms with van der Waals surface area (Å²) in [7, 11) is -1.71. The number of nitrogens with one attached hydrogen (secondary N) is 1. The van der Waals surface area contributed by atoms with Gasteiger partial charge in [0.15, 0.2) is 6.17 Å². The molecule has 1 fully saturated rings. The van der Waals surface area contributed by atoms with Gasteiger partial charge < -0.3 is 14.5 Å². The number of likely N-dealkylation sites (N-methyl/N-ethyl adjacent to an activating group) is 1. The molecule has 2 aliphatic heterocycles. The molecule has 4 rings (SSSR count). The van der Waals surface area contributed by atoms with Crippen molar-refractivity contribution in [1.29, 1.82) is 0 Å². The van der Waals surface area contributed by atoms with Crippen molar-refractivity contribution in [2.75, 3.05) is 51.3 Å². The maximum absolute atomic E-state index is 13.4. The van der Waals surface area contributed by atoms with Gasteiger partial charge in [-0.2, -0.15) is 9.40 Å². The number of aromatic amines is 1. The van der Waals surface area contributed by atoms with Crippen LogP contribution in [0.4, 0.5) is 5.69 Å². The van der Waals surface area contributed by atoms with Crippen molar-refractivity contribution in [1.82, 2.24) is 24.7 Å². The van der Waals surface area contributed by atoms with Gasteiger partial charge in [-0.25, -0.2) is 13.7 Å². The Morgan fingerprint density at radius 3 is 2.64 bits per heavy atom. The Kier molecular flexibility index (Phi) is 6.91. The van der Waals surface area contributed by atoms with Crippen LogP contribution in [0.15, 0.2) is 29.3 Å². The molecular weight excluding hydrogens is 444 g/mol. The summed E-state index contributed by atoms with van der Waals surface area (Å²) in [4.78, 5) is 17.0. The lowest BCUT2D eigenvalue weighted by molar-refractivity contribution is 0.0914. The maximum Gasteiger partial charge on any atom is 0.295 e. The number of anilines is 1. The number of carbonyl (C=O) groups is 1. The van der Waals surface area contributed by atoms with Gasteiger partial charge in [-0.1, -0.05) is 13.3 Å². The third-order valence-electron chi connectivity index (χ3n) is 6.09. The minimum absolute atomic E-state index is 0.182. The smallest absolute Gasteiger partial charge is 0.295 e. The average molecular weight is 476 g/mol. The van der Waals surface area contributed by atoms with Gasteiger partial charge in [-0.3, -0.25) is 9.89 Å². The molecule has 1 aromatic carbocycles. The largest absolute Gasteiger partial charge is 0.493 e. The Hall–Kier alpha value is -2.63. The molecule has 1 atom stereocenters. The summed E-state index contributed by atoms with van der Waals surface area (Å²) >= 11 is 0. The summed E-state index contributed by atoms with van der Waals surface area (Å²) in [5.74, 6) is 0.111. The zero-order valence-corrected chi connectivity index (χ0v) is 20.1. The Labute approximate surface area is 194 Å². The number of H-pyrrole nitrogens is 1. The predicted molar refractivity (Wildman–Crippen MR) is 124 cm³/mol. The molecule has 1 N–H and O–H groups in total. The van der Waals surface area contributed by atoms with Crippen molar-refractivity contribution in [3.05, 3.63) is 35.7 Å². The van der Waals surface area contributed by atoms with Crippen LogP contribution in [0.2, 0.25) is 0 Å². The number of benzene rings is 1. The van der Waals surface area contributed by atoms with Gasteiger partial charge in [0.25, 0.3) is 5.91 Å². The number of sulfonamides is 1. The molecule has 1 unspecified atom stereocenters. The molecule has 11 heteroatoms. The van der Waals surface area contributed by atoms with Crippen molar-refractivity contribution < 1.29 is 17.9 Å². The van der Waals surface area contributed by atoms with Crippen molar-refractivity contribution in [2.45, 2.75) is 37.8 Å². The van der Waals surface area contributed by atoms with E-state index in [9.17, 15) is 13.2 Å². The van der Waals surface area contributed by atoms with E-state index in [0.717, 1.165) is 12.8 Å². The summed E-state index contributed by atoms with van der Waals surface area (Å²) < 4.78 is 34.2. The van der Waals surface area contributed by atoms with E-state index in [0.29, 0.717) is 62.0 Å². The molecular formula is C22H31N6O4S. The highest BCUT2D eigenvalue weighted by Gasteiger charge is 2.37. The Bertz CT molecular complexity index is 1090. The second-order valence-corrected chi connectivity index (χ2v) is 10.3. The monoisotopic (exact) mass is 475 g/mol. The zero-order valence-electron chi connectivity index (χ0n) is 19.3. The van der Waals surface area contributed by atoms with Crippen molar-refractivity contribution in [2.24, 2.45) is 0 Å². The lowest BCUT2D eigenvalue weighted by atomic mass is 10.1. The number of hydrogen-bond acceptors (Lipinski definition) is 7. The van der Waals surface area contributed by atoms with Crippen LogP contribution in [-0.4, -0.2) is 80.1 Å². The quantitative estimate of drug-likeness (QED) is 0.619. The van der Waals surface area contributed by atoms with E-state index in [2.05, 4.69) is 27.3 Å². The number of aromatic nitrogens is 2. The SMILES string of the molecule is CCCCN1c2cn[nH]c2C(=O)[N]C1c1cc(S(=O)(=O)N2CCN(C)CC2)ccc1OCC. The molecule has 1 aromatic heterocycles.